The number of hydrogen-bond acceptors (Lipinski definition) is 2. The van der Waals surface area contributed by atoms with Crippen molar-refractivity contribution in [1.82, 2.24) is 9.55 Å². The number of ketones is 1. The molecule has 0 atom stereocenters. The summed E-state index contributed by atoms with van der Waals surface area (Å²) in [6, 6.07) is 7.72. The summed E-state index contributed by atoms with van der Waals surface area (Å²) < 4.78 is 2.09. The number of aryl methyl sites for hydroxylation is 1. The van der Waals surface area contributed by atoms with E-state index in [1.807, 2.05) is 30.5 Å². The zero-order valence-electron chi connectivity index (χ0n) is 10.2. The van der Waals surface area contributed by atoms with Gasteiger partial charge in [0.1, 0.15) is 5.82 Å². The van der Waals surface area contributed by atoms with Crippen LogP contribution in [0.1, 0.15) is 35.6 Å². The molecule has 88 valence electrons. The molecule has 0 saturated heterocycles. The number of carbonyl (C=O) groups is 1. The third-order valence-corrected chi connectivity index (χ3v) is 2.89. The molecule has 2 aromatic rings. The zero-order chi connectivity index (χ0) is 12.3. The van der Waals surface area contributed by atoms with Crippen LogP contribution in [0.3, 0.4) is 0 Å². The molecular formula is C14H16N2O. The van der Waals surface area contributed by atoms with Gasteiger partial charge in [0.25, 0.3) is 0 Å². The number of aromatic nitrogens is 2. The predicted octanol–water partition coefficient (Wildman–Crippen LogP) is 2.70. The van der Waals surface area contributed by atoms with Gasteiger partial charge in [-0.3, -0.25) is 4.79 Å². The van der Waals surface area contributed by atoms with Gasteiger partial charge in [-0.15, -0.1) is 0 Å². The number of benzene rings is 1. The molecule has 0 radical (unpaired) electrons. The van der Waals surface area contributed by atoms with Crippen molar-refractivity contribution in [1.29, 1.82) is 0 Å². The van der Waals surface area contributed by atoms with Gasteiger partial charge in [-0.2, -0.15) is 0 Å². The maximum Gasteiger partial charge on any atom is 0.160 e. The van der Waals surface area contributed by atoms with E-state index in [9.17, 15) is 4.79 Å². The van der Waals surface area contributed by atoms with Gasteiger partial charge in [0.05, 0.1) is 0 Å². The van der Waals surface area contributed by atoms with Crippen LogP contribution in [0.2, 0.25) is 0 Å². The Balaban J connectivity index is 2.33. The van der Waals surface area contributed by atoms with Crippen LogP contribution < -0.4 is 0 Å². The fraction of sp³-hybridized carbons (Fsp3) is 0.286. The molecule has 0 amide bonds. The van der Waals surface area contributed by atoms with Crippen molar-refractivity contribution in [3.8, 4) is 0 Å². The molecule has 0 bridgehead atoms. The Morgan fingerprint density at radius 3 is 2.82 bits per heavy atom. The quantitative estimate of drug-likeness (QED) is 0.754. The predicted molar refractivity (Wildman–Crippen MR) is 67.2 cm³/mol. The van der Waals surface area contributed by atoms with Crippen molar-refractivity contribution in [3.05, 3.63) is 53.6 Å². The number of carbonyl (C=O) groups excluding carboxylic acids is 1. The molecule has 0 saturated carbocycles. The van der Waals surface area contributed by atoms with Gasteiger partial charge in [0.2, 0.25) is 0 Å². The Morgan fingerprint density at radius 1 is 1.35 bits per heavy atom. The van der Waals surface area contributed by atoms with Crippen molar-refractivity contribution in [2.24, 2.45) is 0 Å². The lowest BCUT2D eigenvalue weighted by molar-refractivity contribution is 0.101. The molecular weight excluding hydrogens is 212 g/mol. The first-order chi connectivity index (χ1) is 8.22. The summed E-state index contributed by atoms with van der Waals surface area (Å²) in [6.45, 7) is 4.59. The molecule has 0 aliphatic heterocycles. The van der Waals surface area contributed by atoms with E-state index < -0.39 is 0 Å². The van der Waals surface area contributed by atoms with Gasteiger partial charge in [-0.05, 0) is 19.4 Å². The largest absolute Gasteiger partial charge is 0.335 e. The maximum absolute atomic E-state index is 11.5. The molecule has 0 aliphatic carbocycles. The highest BCUT2D eigenvalue weighted by Gasteiger charge is 2.09. The first-order valence-corrected chi connectivity index (χ1v) is 5.81. The highest BCUT2D eigenvalue weighted by Crippen LogP contribution is 2.14. The lowest BCUT2D eigenvalue weighted by Crippen LogP contribution is -2.05. The second-order valence-corrected chi connectivity index (χ2v) is 4.02. The monoisotopic (exact) mass is 228 g/mol. The molecule has 17 heavy (non-hydrogen) atoms. The topological polar surface area (TPSA) is 34.9 Å². The van der Waals surface area contributed by atoms with E-state index in [0.29, 0.717) is 6.42 Å². The van der Waals surface area contributed by atoms with E-state index in [4.69, 9.17) is 0 Å². The molecule has 2 rings (SSSR count). The summed E-state index contributed by atoms with van der Waals surface area (Å²) in [5, 5.41) is 0. The minimum absolute atomic E-state index is 0.107. The van der Waals surface area contributed by atoms with Gasteiger partial charge in [0, 0.05) is 30.9 Å². The lowest BCUT2D eigenvalue weighted by atomic mass is 10.0. The second kappa shape index (κ2) is 4.95. The minimum Gasteiger partial charge on any atom is -0.335 e. The average Bonchev–Trinajstić information content (AvgIpc) is 2.77. The number of rotatable bonds is 4. The zero-order valence-corrected chi connectivity index (χ0v) is 10.2. The molecule has 3 nitrogen and oxygen atoms in total. The van der Waals surface area contributed by atoms with Crippen molar-refractivity contribution in [2.75, 3.05) is 0 Å². The summed E-state index contributed by atoms with van der Waals surface area (Å²) in [7, 11) is 0. The average molecular weight is 228 g/mol. The minimum atomic E-state index is 0.107. The van der Waals surface area contributed by atoms with Crippen molar-refractivity contribution in [3.63, 3.8) is 0 Å². The molecule has 0 fully saturated rings. The highest BCUT2D eigenvalue weighted by atomic mass is 16.1. The fourth-order valence-corrected chi connectivity index (χ4v) is 1.98. The van der Waals surface area contributed by atoms with Crippen molar-refractivity contribution in [2.45, 2.75) is 26.8 Å². The first kappa shape index (κ1) is 11.6. The third kappa shape index (κ3) is 2.44. The Labute approximate surface area is 101 Å². The van der Waals surface area contributed by atoms with Crippen LogP contribution in [-0.2, 0) is 13.0 Å². The molecule has 0 spiro atoms. The van der Waals surface area contributed by atoms with Crippen LogP contribution in [0.4, 0.5) is 0 Å². The van der Waals surface area contributed by atoms with Gasteiger partial charge >= 0.3 is 0 Å². The van der Waals surface area contributed by atoms with Crippen LogP contribution in [0.15, 0.2) is 36.7 Å². The molecule has 1 aromatic heterocycles. The molecule has 0 aliphatic rings. The molecule has 1 aromatic carbocycles. The van der Waals surface area contributed by atoms with Crippen molar-refractivity contribution >= 4 is 5.78 Å². The summed E-state index contributed by atoms with van der Waals surface area (Å²) in [5.74, 6) is 1.11. The first-order valence-electron chi connectivity index (χ1n) is 5.81. The van der Waals surface area contributed by atoms with E-state index in [-0.39, 0.29) is 5.78 Å². The van der Waals surface area contributed by atoms with E-state index in [0.717, 1.165) is 23.5 Å². The molecule has 3 heteroatoms. The fourth-order valence-electron chi connectivity index (χ4n) is 1.98. The SMILES string of the molecule is CCn1ccnc1Cc1ccccc1C(C)=O. The van der Waals surface area contributed by atoms with E-state index in [1.54, 1.807) is 13.1 Å². The molecule has 0 N–H and O–H groups in total. The van der Waals surface area contributed by atoms with Crippen LogP contribution in [0.5, 0.6) is 0 Å². The van der Waals surface area contributed by atoms with Crippen LogP contribution in [0, 0.1) is 0 Å². The van der Waals surface area contributed by atoms with E-state index >= 15 is 0 Å². The van der Waals surface area contributed by atoms with Crippen LogP contribution in [0.25, 0.3) is 0 Å². The maximum atomic E-state index is 11.5. The standard InChI is InChI=1S/C14H16N2O/c1-3-16-9-8-15-14(16)10-12-6-4-5-7-13(12)11(2)17/h4-9H,3,10H2,1-2H3. The molecule has 1 heterocycles. The summed E-state index contributed by atoms with van der Waals surface area (Å²) >= 11 is 0. The number of imidazole rings is 1. The van der Waals surface area contributed by atoms with Gasteiger partial charge in [0.15, 0.2) is 5.78 Å². The van der Waals surface area contributed by atoms with E-state index in [2.05, 4.69) is 16.5 Å². The molecule has 0 unspecified atom stereocenters. The lowest BCUT2D eigenvalue weighted by Gasteiger charge is -2.08. The second-order valence-electron chi connectivity index (χ2n) is 4.02. The Hall–Kier alpha value is -1.90. The Bertz CT molecular complexity index is 529. The Morgan fingerprint density at radius 2 is 2.12 bits per heavy atom. The number of nitrogens with zero attached hydrogens (tertiary/aromatic N) is 2. The van der Waals surface area contributed by atoms with Crippen LogP contribution >= 0.6 is 0 Å². The van der Waals surface area contributed by atoms with E-state index in [1.165, 1.54) is 0 Å². The third-order valence-electron chi connectivity index (χ3n) is 2.89. The van der Waals surface area contributed by atoms with Crippen molar-refractivity contribution < 1.29 is 4.79 Å². The number of hydrogen-bond donors (Lipinski definition) is 0. The van der Waals surface area contributed by atoms with Gasteiger partial charge < -0.3 is 4.57 Å². The van der Waals surface area contributed by atoms with Gasteiger partial charge in [-0.1, -0.05) is 24.3 Å². The normalized spacial score (nSPS) is 10.5. The summed E-state index contributed by atoms with van der Waals surface area (Å²) in [5.41, 5.74) is 1.83. The van der Waals surface area contributed by atoms with Gasteiger partial charge in [-0.25, -0.2) is 4.98 Å². The number of Topliss-reactive ketones (excluding diaryl/α,β-unsaturated/α-hetero) is 1. The summed E-state index contributed by atoms with van der Waals surface area (Å²) in [6.07, 6.45) is 4.47. The summed E-state index contributed by atoms with van der Waals surface area (Å²) in [4.78, 5) is 15.9. The Kier molecular flexibility index (Phi) is 3.38. The smallest absolute Gasteiger partial charge is 0.160 e. The highest BCUT2D eigenvalue weighted by molar-refractivity contribution is 5.95. The van der Waals surface area contributed by atoms with Crippen LogP contribution in [-0.4, -0.2) is 15.3 Å².